The van der Waals surface area contributed by atoms with Gasteiger partial charge in [0.05, 0.1) is 0 Å². The third kappa shape index (κ3) is 2.74. The molecule has 1 aliphatic rings. The molecular formula is C12H16FN3O. The van der Waals surface area contributed by atoms with Crippen LogP contribution < -0.4 is 16.0 Å². The molecule has 0 aliphatic carbocycles. The minimum absolute atomic E-state index is 0.134. The molecule has 1 fully saturated rings. The molecule has 0 aromatic heterocycles. The molecule has 3 N–H and O–H groups in total. The van der Waals surface area contributed by atoms with Gasteiger partial charge in [-0.05, 0) is 43.1 Å². The zero-order valence-corrected chi connectivity index (χ0v) is 9.53. The Hall–Kier alpha value is -1.62. The second-order valence-corrected chi connectivity index (χ2v) is 4.22. The summed E-state index contributed by atoms with van der Waals surface area (Å²) in [6.07, 6.45) is 0.873. The van der Waals surface area contributed by atoms with Gasteiger partial charge in [-0.15, -0.1) is 0 Å². The first kappa shape index (κ1) is 11.9. The molecule has 4 nitrogen and oxygen atoms in total. The third-order valence-corrected chi connectivity index (χ3v) is 2.94. The van der Waals surface area contributed by atoms with E-state index in [9.17, 15) is 9.18 Å². The number of urea groups is 1. The maximum Gasteiger partial charge on any atom is 0.321 e. The summed E-state index contributed by atoms with van der Waals surface area (Å²) in [6.45, 7) is 1.90. The number of halogens is 1. The molecule has 1 atom stereocenters. The summed E-state index contributed by atoms with van der Waals surface area (Å²) < 4.78 is 12.8. The number of benzene rings is 1. The van der Waals surface area contributed by atoms with Crippen LogP contribution in [-0.4, -0.2) is 25.7 Å². The van der Waals surface area contributed by atoms with Crippen molar-refractivity contribution in [3.63, 3.8) is 0 Å². The van der Waals surface area contributed by atoms with Crippen molar-refractivity contribution >= 4 is 11.7 Å². The van der Waals surface area contributed by atoms with E-state index in [1.54, 1.807) is 17.0 Å². The lowest BCUT2D eigenvalue weighted by molar-refractivity contribution is 0.236. The third-order valence-electron chi connectivity index (χ3n) is 2.94. The quantitative estimate of drug-likeness (QED) is 0.833. The molecule has 0 spiro atoms. The van der Waals surface area contributed by atoms with E-state index >= 15 is 0 Å². The Morgan fingerprint density at radius 2 is 2.12 bits per heavy atom. The molecule has 1 aromatic carbocycles. The number of carbonyl (C=O) groups is 1. The molecule has 92 valence electrons. The molecule has 2 rings (SSSR count). The first-order valence-electron chi connectivity index (χ1n) is 5.71. The van der Waals surface area contributed by atoms with Crippen molar-refractivity contribution in [3.8, 4) is 0 Å². The normalized spacial score (nSPS) is 20.2. The van der Waals surface area contributed by atoms with Gasteiger partial charge in [-0.2, -0.15) is 0 Å². The van der Waals surface area contributed by atoms with Crippen LogP contribution in [0, 0.1) is 11.7 Å². The maximum atomic E-state index is 12.8. The van der Waals surface area contributed by atoms with Crippen molar-refractivity contribution in [2.45, 2.75) is 6.42 Å². The van der Waals surface area contributed by atoms with E-state index in [0.29, 0.717) is 31.2 Å². The molecule has 2 amide bonds. The zero-order valence-electron chi connectivity index (χ0n) is 9.53. The Kier molecular flexibility index (Phi) is 3.58. The van der Waals surface area contributed by atoms with E-state index in [2.05, 4.69) is 5.32 Å². The van der Waals surface area contributed by atoms with Crippen molar-refractivity contribution in [1.82, 2.24) is 5.32 Å². The summed E-state index contributed by atoms with van der Waals surface area (Å²) in [5.74, 6) is 0.0485. The highest BCUT2D eigenvalue weighted by molar-refractivity contribution is 5.92. The van der Waals surface area contributed by atoms with E-state index in [0.717, 1.165) is 6.42 Å². The minimum atomic E-state index is -0.301. The van der Waals surface area contributed by atoms with E-state index in [1.807, 2.05) is 0 Å². The minimum Gasteiger partial charge on any atom is -0.337 e. The topological polar surface area (TPSA) is 58.4 Å². The van der Waals surface area contributed by atoms with Crippen LogP contribution in [0.25, 0.3) is 0 Å². The standard InChI is InChI=1S/C12H16FN3O/c13-10-1-3-11(4-2-10)16-8-9(5-6-14)7-15-12(16)17/h1-4,9H,5-8,14H2,(H,15,17). The van der Waals surface area contributed by atoms with Crippen LogP contribution in [0.3, 0.4) is 0 Å². The van der Waals surface area contributed by atoms with Crippen molar-refractivity contribution in [3.05, 3.63) is 30.1 Å². The molecule has 1 unspecified atom stereocenters. The van der Waals surface area contributed by atoms with Crippen molar-refractivity contribution < 1.29 is 9.18 Å². The smallest absolute Gasteiger partial charge is 0.321 e. The molecule has 1 aliphatic heterocycles. The summed E-state index contributed by atoms with van der Waals surface area (Å²) in [5.41, 5.74) is 6.23. The molecule has 1 aromatic rings. The molecule has 1 saturated heterocycles. The van der Waals surface area contributed by atoms with Crippen molar-refractivity contribution in [1.29, 1.82) is 0 Å². The Morgan fingerprint density at radius 1 is 1.41 bits per heavy atom. The van der Waals surface area contributed by atoms with Crippen LogP contribution in [0.1, 0.15) is 6.42 Å². The SMILES string of the molecule is NCCC1CNC(=O)N(c2ccc(F)cc2)C1. The van der Waals surface area contributed by atoms with Gasteiger partial charge in [-0.3, -0.25) is 4.90 Å². The number of carbonyl (C=O) groups excluding carboxylic acids is 1. The number of nitrogens with one attached hydrogen (secondary N) is 1. The highest BCUT2D eigenvalue weighted by Gasteiger charge is 2.25. The van der Waals surface area contributed by atoms with Crippen LogP contribution in [0.2, 0.25) is 0 Å². The van der Waals surface area contributed by atoms with Crippen molar-refractivity contribution in [2.24, 2.45) is 11.7 Å². The molecule has 1 heterocycles. The monoisotopic (exact) mass is 237 g/mol. The Balaban J connectivity index is 2.12. The summed E-state index contributed by atoms with van der Waals surface area (Å²) >= 11 is 0. The van der Waals surface area contributed by atoms with Gasteiger partial charge in [0.15, 0.2) is 0 Å². The fraction of sp³-hybridized carbons (Fsp3) is 0.417. The number of nitrogens with two attached hydrogens (primary N) is 1. The molecular weight excluding hydrogens is 221 g/mol. The van der Waals surface area contributed by atoms with Gasteiger partial charge in [0, 0.05) is 18.8 Å². The van der Waals surface area contributed by atoms with Gasteiger partial charge < -0.3 is 11.1 Å². The Labute approximate surface area is 99.6 Å². The molecule has 0 bridgehead atoms. The van der Waals surface area contributed by atoms with Gasteiger partial charge in [0.1, 0.15) is 5.82 Å². The van der Waals surface area contributed by atoms with Crippen molar-refractivity contribution in [2.75, 3.05) is 24.5 Å². The van der Waals surface area contributed by atoms with Gasteiger partial charge in [-0.1, -0.05) is 0 Å². The summed E-state index contributed by atoms with van der Waals surface area (Å²) in [7, 11) is 0. The number of nitrogens with zero attached hydrogens (tertiary/aromatic N) is 1. The zero-order chi connectivity index (χ0) is 12.3. The predicted octanol–water partition coefficient (Wildman–Crippen LogP) is 1.32. The van der Waals surface area contributed by atoms with Crippen LogP contribution in [0.5, 0.6) is 0 Å². The highest BCUT2D eigenvalue weighted by Crippen LogP contribution is 2.20. The second kappa shape index (κ2) is 5.14. The van der Waals surface area contributed by atoms with Gasteiger partial charge >= 0.3 is 6.03 Å². The van der Waals surface area contributed by atoms with E-state index in [4.69, 9.17) is 5.73 Å². The molecule has 0 radical (unpaired) electrons. The van der Waals surface area contributed by atoms with Gasteiger partial charge in [-0.25, -0.2) is 9.18 Å². The van der Waals surface area contributed by atoms with Crippen LogP contribution in [-0.2, 0) is 0 Å². The number of anilines is 1. The first-order valence-corrected chi connectivity index (χ1v) is 5.71. The lowest BCUT2D eigenvalue weighted by atomic mass is 10.0. The van der Waals surface area contributed by atoms with E-state index in [1.165, 1.54) is 12.1 Å². The average Bonchev–Trinajstić information content (AvgIpc) is 2.33. The fourth-order valence-corrected chi connectivity index (χ4v) is 2.01. The van der Waals surface area contributed by atoms with Gasteiger partial charge in [0.25, 0.3) is 0 Å². The lowest BCUT2D eigenvalue weighted by Crippen LogP contribution is -2.51. The average molecular weight is 237 g/mol. The van der Waals surface area contributed by atoms with E-state index in [-0.39, 0.29) is 11.8 Å². The maximum absolute atomic E-state index is 12.8. The van der Waals surface area contributed by atoms with Crippen LogP contribution in [0.4, 0.5) is 14.9 Å². The fourth-order valence-electron chi connectivity index (χ4n) is 2.01. The summed E-state index contributed by atoms with van der Waals surface area (Å²) in [5, 5.41) is 2.82. The summed E-state index contributed by atoms with van der Waals surface area (Å²) in [6, 6.07) is 5.80. The molecule has 17 heavy (non-hydrogen) atoms. The lowest BCUT2D eigenvalue weighted by Gasteiger charge is -2.33. The van der Waals surface area contributed by atoms with E-state index < -0.39 is 0 Å². The number of hydrogen-bond acceptors (Lipinski definition) is 2. The number of hydrogen-bond donors (Lipinski definition) is 2. The molecule has 5 heteroatoms. The largest absolute Gasteiger partial charge is 0.337 e. The van der Waals surface area contributed by atoms with Crippen LogP contribution >= 0.6 is 0 Å². The highest BCUT2D eigenvalue weighted by atomic mass is 19.1. The summed E-state index contributed by atoms with van der Waals surface area (Å²) in [4.78, 5) is 13.3. The number of rotatable bonds is 3. The second-order valence-electron chi connectivity index (χ2n) is 4.22. The first-order chi connectivity index (χ1) is 8.20. The molecule has 0 saturated carbocycles. The number of amides is 2. The Morgan fingerprint density at radius 3 is 2.76 bits per heavy atom. The van der Waals surface area contributed by atoms with Gasteiger partial charge in [0.2, 0.25) is 0 Å². The predicted molar refractivity (Wildman–Crippen MR) is 64.3 cm³/mol. The van der Waals surface area contributed by atoms with Crippen LogP contribution in [0.15, 0.2) is 24.3 Å². The Bertz CT molecular complexity index is 393.